The molecule has 0 saturated heterocycles. The maximum atomic E-state index is 13.7. The number of carbonyl (C=O) groups excluding carboxylic acids is 5. The van der Waals surface area contributed by atoms with Crippen molar-refractivity contribution in [1.29, 1.82) is 0 Å². The fraction of sp³-hybridized carbons (Fsp3) is 0.314. The molecule has 0 aliphatic heterocycles. The van der Waals surface area contributed by atoms with Gasteiger partial charge in [-0.15, -0.1) is 12.4 Å². The summed E-state index contributed by atoms with van der Waals surface area (Å²) in [5.74, 6) is -4.33. The van der Waals surface area contributed by atoms with E-state index in [0.717, 1.165) is 11.1 Å². The van der Waals surface area contributed by atoms with Gasteiger partial charge in [0.15, 0.2) is 5.03 Å². The Hall–Kier alpha value is -6.07. The minimum Gasteiger partial charge on any atom is -0.461 e. The van der Waals surface area contributed by atoms with E-state index in [1.807, 2.05) is 6.07 Å². The smallest absolute Gasteiger partial charge is 0.329 e. The minimum absolute atomic E-state index is 0. The van der Waals surface area contributed by atoms with Gasteiger partial charge in [0.05, 0.1) is 19.0 Å². The lowest BCUT2D eigenvalue weighted by Gasteiger charge is -2.23. The topological polar surface area (TPSA) is 259 Å². The molecule has 17 nitrogen and oxygen atoms in total. The van der Waals surface area contributed by atoms with Crippen LogP contribution in [0.2, 0.25) is 0 Å². The Bertz CT molecular complexity index is 1670. The molecule has 0 fully saturated rings. The van der Waals surface area contributed by atoms with E-state index in [4.69, 9.17) is 20.9 Å². The Balaban J connectivity index is 0.00000972. The van der Waals surface area contributed by atoms with Gasteiger partial charge < -0.3 is 36.9 Å². The van der Waals surface area contributed by atoms with Crippen LogP contribution in [0.4, 0.5) is 0 Å². The number of ether oxygens (including phenoxy) is 2. The number of hydrogen-bond donors (Lipinski definition) is 6. The van der Waals surface area contributed by atoms with Crippen LogP contribution >= 0.6 is 12.4 Å². The standard InChI is InChI=1S/C35H42N8O9.ClH/c36-27(17-10-18-38-35(37)42-43(49)50)32(46)39-21-30(44)40-28(20-31(45)51-22-25-13-6-2-7-14-25)33(47)41-29(19-24-11-4-1-5-12-24)34(48)52-23-26-15-8-3-9-16-26;/h1-9,11-16,27-29H,10,17-23,36H2,(H,39,46)(H,40,44)(H,41,47)(H3,37,38,42);1H/t27-,28-,29-;/m0./s1. The summed E-state index contributed by atoms with van der Waals surface area (Å²) in [5, 5.41) is 16.9. The molecular formula is C35H43ClN8O9. The molecule has 3 rings (SSSR count). The Kier molecular flexibility index (Phi) is 19.0. The van der Waals surface area contributed by atoms with Crippen molar-refractivity contribution in [3.63, 3.8) is 0 Å². The highest BCUT2D eigenvalue weighted by molar-refractivity contribution is 5.94. The largest absolute Gasteiger partial charge is 0.461 e. The van der Waals surface area contributed by atoms with Crippen molar-refractivity contribution in [2.45, 2.75) is 57.0 Å². The summed E-state index contributed by atoms with van der Waals surface area (Å²) in [7, 11) is 0. The highest BCUT2D eigenvalue weighted by atomic mass is 35.5. The number of nitro groups is 1. The third-order valence-electron chi connectivity index (χ3n) is 7.29. The molecule has 0 saturated carbocycles. The first kappa shape index (κ1) is 43.1. The Labute approximate surface area is 311 Å². The summed E-state index contributed by atoms with van der Waals surface area (Å²) in [5.41, 5.74) is 15.1. The summed E-state index contributed by atoms with van der Waals surface area (Å²) in [6.45, 7) is -0.673. The molecule has 3 atom stereocenters. The van der Waals surface area contributed by atoms with Gasteiger partial charge in [-0.1, -0.05) is 96.4 Å². The maximum absolute atomic E-state index is 13.7. The van der Waals surface area contributed by atoms with Crippen LogP contribution in [0, 0.1) is 10.1 Å². The number of halogens is 1. The first-order chi connectivity index (χ1) is 25.0. The SMILES string of the molecule is Cl.NC(=NCCC[C@H](N)C(=O)NCC(=O)N[C@@H](CC(=O)OCc1ccccc1)C(=O)N[C@@H](Cc1ccccc1)C(=O)OCc1ccccc1)N[N+](=O)[O-]. The summed E-state index contributed by atoms with van der Waals surface area (Å²) in [4.78, 5) is 79.4. The maximum Gasteiger partial charge on any atom is 0.329 e. The zero-order chi connectivity index (χ0) is 37.7. The van der Waals surface area contributed by atoms with Crippen LogP contribution in [-0.4, -0.2) is 71.9 Å². The predicted octanol–water partition coefficient (Wildman–Crippen LogP) is 0.817. The molecule has 18 heteroatoms. The second kappa shape index (κ2) is 23.4. The summed E-state index contributed by atoms with van der Waals surface area (Å²) < 4.78 is 10.8. The number of amides is 3. The molecule has 0 unspecified atom stereocenters. The number of nitrogens with zero attached hydrogens (tertiary/aromatic N) is 2. The molecule has 0 heterocycles. The second-order valence-corrected chi connectivity index (χ2v) is 11.4. The number of nitrogens with two attached hydrogens (primary N) is 2. The van der Waals surface area contributed by atoms with Gasteiger partial charge in [-0.25, -0.2) is 19.9 Å². The number of guanidine groups is 1. The molecule has 3 aromatic rings. The monoisotopic (exact) mass is 754 g/mol. The Morgan fingerprint density at radius 2 is 1.32 bits per heavy atom. The van der Waals surface area contributed by atoms with Crippen LogP contribution in [0.5, 0.6) is 0 Å². The molecule has 0 bridgehead atoms. The van der Waals surface area contributed by atoms with Crippen molar-refractivity contribution in [2.75, 3.05) is 13.1 Å². The quantitative estimate of drug-likeness (QED) is 0.0234. The zero-order valence-corrected chi connectivity index (χ0v) is 29.5. The van der Waals surface area contributed by atoms with Gasteiger partial charge in [0.2, 0.25) is 17.7 Å². The Morgan fingerprint density at radius 3 is 1.89 bits per heavy atom. The van der Waals surface area contributed by atoms with E-state index in [0.29, 0.717) is 5.56 Å². The van der Waals surface area contributed by atoms with Crippen molar-refractivity contribution >= 4 is 48.0 Å². The highest BCUT2D eigenvalue weighted by Crippen LogP contribution is 2.09. The van der Waals surface area contributed by atoms with Crippen LogP contribution in [0.1, 0.15) is 36.0 Å². The third-order valence-corrected chi connectivity index (χ3v) is 7.29. The highest BCUT2D eigenvalue weighted by Gasteiger charge is 2.30. The first-order valence-corrected chi connectivity index (χ1v) is 16.3. The number of carbonyl (C=O) groups is 5. The van der Waals surface area contributed by atoms with Crippen molar-refractivity contribution in [1.82, 2.24) is 21.4 Å². The normalized spacial score (nSPS) is 12.4. The van der Waals surface area contributed by atoms with E-state index in [-0.39, 0.29) is 51.4 Å². The van der Waals surface area contributed by atoms with E-state index in [1.165, 1.54) is 0 Å². The lowest BCUT2D eigenvalue weighted by atomic mass is 10.0. The number of hydrogen-bond acceptors (Lipinski definition) is 11. The molecule has 3 amide bonds. The van der Waals surface area contributed by atoms with Gasteiger partial charge in [0.1, 0.15) is 25.3 Å². The van der Waals surface area contributed by atoms with Crippen LogP contribution in [0.15, 0.2) is 96.0 Å². The van der Waals surface area contributed by atoms with Gasteiger partial charge in [-0.2, -0.15) is 0 Å². The average Bonchev–Trinajstić information content (AvgIpc) is 3.14. The zero-order valence-electron chi connectivity index (χ0n) is 28.7. The van der Waals surface area contributed by atoms with Crippen LogP contribution in [0.3, 0.4) is 0 Å². The van der Waals surface area contributed by atoms with E-state index in [2.05, 4.69) is 20.9 Å². The fourth-order valence-electron chi connectivity index (χ4n) is 4.63. The predicted molar refractivity (Wildman–Crippen MR) is 195 cm³/mol. The first-order valence-electron chi connectivity index (χ1n) is 16.3. The van der Waals surface area contributed by atoms with Crippen LogP contribution in [-0.2, 0) is 53.1 Å². The van der Waals surface area contributed by atoms with Gasteiger partial charge in [-0.3, -0.25) is 19.2 Å². The number of esters is 2. The lowest BCUT2D eigenvalue weighted by molar-refractivity contribution is -0.525. The lowest BCUT2D eigenvalue weighted by Crippen LogP contribution is -2.55. The summed E-state index contributed by atoms with van der Waals surface area (Å²) in [6.07, 6.45) is -0.169. The molecule has 284 valence electrons. The van der Waals surface area contributed by atoms with E-state index in [1.54, 1.807) is 90.4 Å². The number of rotatable bonds is 20. The van der Waals surface area contributed by atoms with Crippen molar-refractivity contribution in [3.05, 3.63) is 118 Å². The molecule has 3 aromatic carbocycles. The molecule has 0 radical (unpaired) electrons. The van der Waals surface area contributed by atoms with Crippen LogP contribution < -0.4 is 32.8 Å². The van der Waals surface area contributed by atoms with Gasteiger partial charge in [-0.05, 0) is 29.5 Å². The second-order valence-electron chi connectivity index (χ2n) is 11.4. The number of benzene rings is 3. The molecule has 0 spiro atoms. The number of aliphatic imine (C=N–C) groups is 1. The molecule has 0 aliphatic carbocycles. The van der Waals surface area contributed by atoms with Crippen molar-refractivity contribution in [3.8, 4) is 0 Å². The molecule has 53 heavy (non-hydrogen) atoms. The van der Waals surface area contributed by atoms with E-state index in [9.17, 15) is 34.1 Å². The molecule has 8 N–H and O–H groups in total. The van der Waals surface area contributed by atoms with Gasteiger partial charge in [0, 0.05) is 13.0 Å². The van der Waals surface area contributed by atoms with Crippen molar-refractivity contribution < 1.29 is 38.5 Å². The third kappa shape index (κ3) is 17.1. The number of nitrogens with one attached hydrogen (secondary N) is 4. The average molecular weight is 755 g/mol. The fourth-order valence-corrected chi connectivity index (χ4v) is 4.63. The Morgan fingerprint density at radius 1 is 0.774 bits per heavy atom. The van der Waals surface area contributed by atoms with Crippen molar-refractivity contribution in [2.24, 2.45) is 16.5 Å². The van der Waals surface area contributed by atoms with E-state index < -0.39 is 71.7 Å². The molecule has 0 aliphatic rings. The molecule has 0 aromatic heterocycles. The summed E-state index contributed by atoms with van der Waals surface area (Å²) >= 11 is 0. The van der Waals surface area contributed by atoms with Crippen LogP contribution in [0.25, 0.3) is 0 Å². The van der Waals surface area contributed by atoms with Gasteiger partial charge >= 0.3 is 11.9 Å². The van der Waals surface area contributed by atoms with E-state index >= 15 is 0 Å². The minimum atomic E-state index is -1.50. The van der Waals surface area contributed by atoms with Gasteiger partial charge in [0.25, 0.3) is 5.96 Å². The number of hydrazine groups is 1. The summed E-state index contributed by atoms with van der Waals surface area (Å²) in [6, 6.07) is 22.9. The molecular weight excluding hydrogens is 712 g/mol.